The maximum atomic E-state index is 13.5. The molecule has 0 aliphatic rings. The minimum atomic E-state index is -0.279. The fraction of sp³-hybridized carbons (Fsp3) is 0.500. The molecular formula is C14H20FNOS. The van der Waals surface area contributed by atoms with Crippen molar-refractivity contribution in [1.29, 1.82) is 0 Å². The van der Waals surface area contributed by atoms with E-state index in [9.17, 15) is 4.39 Å². The number of hydrogen-bond donors (Lipinski definition) is 1. The normalized spacial score (nSPS) is 10.9. The number of hydrogen-bond acceptors (Lipinski definition) is 2. The first-order valence-electron chi connectivity index (χ1n) is 6.16. The van der Waals surface area contributed by atoms with E-state index in [0.717, 1.165) is 12.8 Å². The summed E-state index contributed by atoms with van der Waals surface area (Å²) in [4.78, 5) is 0.274. The Hall–Kier alpha value is -1.00. The van der Waals surface area contributed by atoms with Crippen molar-refractivity contribution < 1.29 is 9.13 Å². The molecule has 100 valence electrons. The van der Waals surface area contributed by atoms with Gasteiger partial charge in [-0.25, -0.2) is 4.39 Å². The topological polar surface area (TPSA) is 35.2 Å². The van der Waals surface area contributed by atoms with E-state index in [-0.39, 0.29) is 17.4 Å². The van der Waals surface area contributed by atoms with Gasteiger partial charge < -0.3 is 10.5 Å². The molecule has 0 radical (unpaired) electrons. The van der Waals surface area contributed by atoms with Gasteiger partial charge in [-0.2, -0.15) is 0 Å². The standard InChI is InChI=1S/C14H20FNOS/c1-10(2)4-3-7-17-9-12-8-11(14(16)18)5-6-13(12)15/h5-6,8,10H,3-4,7,9H2,1-2H3,(H2,16,18). The summed E-state index contributed by atoms with van der Waals surface area (Å²) in [5, 5.41) is 0. The third-order valence-corrected chi connectivity index (χ3v) is 2.89. The highest BCUT2D eigenvalue weighted by Gasteiger charge is 2.05. The Labute approximate surface area is 113 Å². The van der Waals surface area contributed by atoms with E-state index in [0.29, 0.717) is 23.7 Å². The first kappa shape index (κ1) is 15.1. The molecule has 0 bridgehead atoms. The van der Waals surface area contributed by atoms with Crippen LogP contribution in [0.15, 0.2) is 18.2 Å². The first-order chi connectivity index (χ1) is 8.50. The lowest BCUT2D eigenvalue weighted by molar-refractivity contribution is 0.112. The van der Waals surface area contributed by atoms with Crippen molar-refractivity contribution >= 4 is 17.2 Å². The lowest BCUT2D eigenvalue weighted by atomic mass is 10.1. The zero-order valence-electron chi connectivity index (χ0n) is 10.9. The second-order valence-corrected chi connectivity index (χ2v) is 5.20. The molecule has 0 aromatic heterocycles. The molecule has 0 aliphatic heterocycles. The number of benzene rings is 1. The lowest BCUT2D eigenvalue weighted by Crippen LogP contribution is -2.10. The van der Waals surface area contributed by atoms with Crippen molar-refractivity contribution in [2.45, 2.75) is 33.3 Å². The van der Waals surface area contributed by atoms with Crippen LogP contribution in [0.3, 0.4) is 0 Å². The summed E-state index contributed by atoms with van der Waals surface area (Å²) in [6.45, 7) is 5.26. The Morgan fingerprint density at radius 3 is 2.78 bits per heavy atom. The van der Waals surface area contributed by atoms with Crippen LogP contribution in [0.25, 0.3) is 0 Å². The van der Waals surface area contributed by atoms with Crippen molar-refractivity contribution in [3.63, 3.8) is 0 Å². The van der Waals surface area contributed by atoms with Crippen molar-refractivity contribution in [2.24, 2.45) is 11.7 Å². The van der Waals surface area contributed by atoms with Crippen LogP contribution in [0, 0.1) is 11.7 Å². The maximum absolute atomic E-state index is 13.5. The Kier molecular flexibility index (Phi) is 6.22. The molecule has 0 fully saturated rings. The minimum absolute atomic E-state index is 0.264. The first-order valence-corrected chi connectivity index (χ1v) is 6.57. The van der Waals surface area contributed by atoms with Crippen LogP contribution in [0.1, 0.15) is 37.8 Å². The fourth-order valence-corrected chi connectivity index (χ4v) is 1.74. The van der Waals surface area contributed by atoms with Crippen molar-refractivity contribution in [2.75, 3.05) is 6.61 Å². The quantitative estimate of drug-likeness (QED) is 0.608. The fourth-order valence-electron chi connectivity index (χ4n) is 1.61. The van der Waals surface area contributed by atoms with Crippen LogP contribution < -0.4 is 5.73 Å². The van der Waals surface area contributed by atoms with E-state index in [1.165, 1.54) is 6.07 Å². The molecule has 0 saturated carbocycles. The van der Waals surface area contributed by atoms with E-state index < -0.39 is 0 Å². The van der Waals surface area contributed by atoms with Crippen LogP contribution >= 0.6 is 12.2 Å². The van der Waals surface area contributed by atoms with Gasteiger partial charge in [-0.3, -0.25) is 0 Å². The molecular weight excluding hydrogens is 249 g/mol. The molecule has 1 rings (SSSR count). The van der Waals surface area contributed by atoms with Gasteiger partial charge in [0.2, 0.25) is 0 Å². The number of rotatable bonds is 7. The molecule has 1 aromatic rings. The van der Waals surface area contributed by atoms with Gasteiger partial charge in [-0.15, -0.1) is 0 Å². The zero-order valence-corrected chi connectivity index (χ0v) is 11.7. The van der Waals surface area contributed by atoms with Gasteiger partial charge in [0.15, 0.2) is 0 Å². The van der Waals surface area contributed by atoms with Gasteiger partial charge in [0.1, 0.15) is 10.8 Å². The van der Waals surface area contributed by atoms with Gasteiger partial charge >= 0.3 is 0 Å². The highest BCUT2D eigenvalue weighted by molar-refractivity contribution is 7.80. The van der Waals surface area contributed by atoms with Gasteiger partial charge in [0.25, 0.3) is 0 Å². The minimum Gasteiger partial charge on any atom is -0.389 e. The Bertz CT molecular complexity index is 407. The van der Waals surface area contributed by atoms with E-state index in [1.54, 1.807) is 12.1 Å². The van der Waals surface area contributed by atoms with E-state index in [1.807, 2.05) is 0 Å². The van der Waals surface area contributed by atoms with Crippen molar-refractivity contribution in [3.05, 3.63) is 35.1 Å². The summed E-state index contributed by atoms with van der Waals surface area (Å²) < 4.78 is 19.0. The van der Waals surface area contributed by atoms with E-state index in [4.69, 9.17) is 22.7 Å². The Morgan fingerprint density at radius 1 is 1.44 bits per heavy atom. The molecule has 0 aliphatic carbocycles. The number of nitrogens with two attached hydrogens (primary N) is 1. The van der Waals surface area contributed by atoms with Crippen LogP contribution in [0.2, 0.25) is 0 Å². The lowest BCUT2D eigenvalue weighted by Gasteiger charge is -2.08. The van der Waals surface area contributed by atoms with Crippen molar-refractivity contribution in [1.82, 2.24) is 0 Å². The monoisotopic (exact) mass is 269 g/mol. The summed E-state index contributed by atoms with van der Waals surface area (Å²) in [6, 6.07) is 4.61. The molecule has 4 heteroatoms. The molecule has 1 aromatic carbocycles. The molecule has 0 heterocycles. The summed E-state index contributed by atoms with van der Waals surface area (Å²) >= 11 is 4.86. The second kappa shape index (κ2) is 7.44. The smallest absolute Gasteiger partial charge is 0.128 e. The van der Waals surface area contributed by atoms with Gasteiger partial charge in [0.05, 0.1) is 6.61 Å². The zero-order chi connectivity index (χ0) is 13.5. The van der Waals surface area contributed by atoms with Crippen molar-refractivity contribution in [3.8, 4) is 0 Å². The molecule has 0 saturated heterocycles. The number of ether oxygens (including phenoxy) is 1. The predicted octanol–water partition coefficient (Wildman–Crippen LogP) is 3.41. The van der Waals surface area contributed by atoms with Gasteiger partial charge in [0, 0.05) is 17.7 Å². The summed E-state index contributed by atoms with van der Waals surface area (Å²) in [7, 11) is 0. The largest absolute Gasteiger partial charge is 0.389 e. The highest BCUT2D eigenvalue weighted by Crippen LogP contribution is 2.12. The molecule has 0 unspecified atom stereocenters. The molecule has 0 amide bonds. The second-order valence-electron chi connectivity index (χ2n) is 4.76. The van der Waals surface area contributed by atoms with Gasteiger partial charge in [-0.05, 0) is 37.0 Å². The van der Waals surface area contributed by atoms with Crippen LogP contribution in [-0.2, 0) is 11.3 Å². The SMILES string of the molecule is CC(C)CCCOCc1cc(C(N)=S)ccc1F. The maximum Gasteiger partial charge on any atom is 0.128 e. The predicted molar refractivity (Wildman–Crippen MR) is 76.0 cm³/mol. The van der Waals surface area contributed by atoms with E-state index >= 15 is 0 Å². The van der Waals surface area contributed by atoms with E-state index in [2.05, 4.69) is 13.8 Å². The number of halogens is 1. The summed E-state index contributed by atoms with van der Waals surface area (Å²) in [5.74, 6) is 0.391. The van der Waals surface area contributed by atoms with Crippen LogP contribution in [-0.4, -0.2) is 11.6 Å². The number of thiocarbonyl (C=S) groups is 1. The average Bonchev–Trinajstić information content (AvgIpc) is 2.30. The third kappa shape index (κ3) is 5.10. The average molecular weight is 269 g/mol. The Balaban J connectivity index is 2.46. The highest BCUT2D eigenvalue weighted by atomic mass is 32.1. The third-order valence-electron chi connectivity index (χ3n) is 2.66. The van der Waals surface area contributed by atoms with Gasteiger partial charge in [-0.1, -0.05) is 26.1 Å². The summed E-state index contributed by atoms with van der Waals surface area (Å²) in [6.07, 6.45) is 2.11. The van der Waals surface area contributed by atoms with Crippen LogP contribution in [0.4, 0.5) is 4.39 Å². The molecule has 0 atom stereocenters. The molecule has 2 N–H and O–H groups in total. The Morgan fingerprint density at radius 2 is 2.17 bits per heavy atom. The summed E-state index contributed by atoms with van der Waals surface area (Å²) in [5.41, 5.74) is 6.69. The molecule has 18 heavy (non-hydrogen) atoms. The van der Waals surface area contributed by atoms with Crippen LogP contribution in [0.5, 0.6) is 0 Å². The molecule has 2 nitrogen and oxygen atoms in total. The molecule has 0 spiro atoms.